The Morgan fingerprint density at radius 3 is 2.67 bits per heavy atom. The van der Waals surface area contributed by atoms with Gasteiger partial charge in [0, 0.05) is 12.1 Å². The van der Waals surface area contributed by atoms with Gasteiger partial charge in [0.1, 0.15) is 5.92 Å². The highest BCUT2D eigenvalue weighted by Crippen LogP contribution is 2.42. The van der Waals surface area contributed by atoms with Crippen molar-refractivity contribution in [3.8, 4) is 0 Å². The van der Waals surface area contributed by atoms with Crippen LogP contribution in [0.2, 0.25) is 0 Å². The van der Waals surface area contributed by atoms with Crippen molar-refractivity contribution in [2.24, 2.45) is 11.8 Å². The maximum atomic E-state index is 11.7. The second-order valence-electron chi connectivity index (χ2n) is 4.80. The molecule has 0 aromatic carbocycles. The third-order valence-corrected chi connectivity index (χ3v) is 3.50. The molecule has 3 N–H and O–H groups in total. The van der Waals surface area contributed by atoms with Gasteiger partial charge in [-0.25, -0.2) is 0 Å². The zero-order valence-electron chi connectivity index (χ0n) is 8.91. The van der Waals surface area contributed by atoms with E-state index >= 15 is 0 Å². The standard InChI is InChI=1S/C10H16N2O3/c1-5-3-10(5,2)12-9(15)7-6(13)4-11-8(7)14/h5-7,13H,3-4H2,1-2H3,(H,11,14)(H,12,15). The molecule has 0 spiro atoms. The van der Waals surface area contributed by atoms with E-state index in [0.29, 0.717) is 5.92 Å². The van der Waals surface area contributed by atoms with E-state index in [1.807, 2.05) is 13.8 Å². The Labute approximate surface area is 88.2 Å². The SMILES string of the molecule is CC1CC1(C)NC(=O)C1C(=O)NCC1O. The lowest BCUT2D eigenvalue weighted by Crippen LogP contribution is -2.45. The molecule has 0 aromatic rings. The summed E-state index contributed by atoms with van der Waals surface area (Å²) in [5.74, 6) is -1.22. The van der Waals surface area contributed by atoms with Gasteiger partial charge in [0.15, 0.2) is 0 Å². The average molecular weight is 212 g/mol. The van der Waals surface area contributed by atoms with Gasteiger partial charge in [-0.3, -0.25) is 9.59 Å². The summed E-state index contributed by atoms with van der Waals surface area (Å²) in [6.07, 6.45) is 0.0403. The lowest BCUT2D eigenvalue weighted by atomic mass is 10.0. The van der Waals surface area contributed by atoms with Crippen LogP contribution in [0.25, 0.3) is 0 Å². The van der Waals surface area contributed by atoms with Gasteiger partial charge >= 0.3 is 0 Å². The van der Waals surface area contributed by atoms with Crippen LogP contribution in [0.5, 0.6) is 0 Å². The van der Waals surface area contributed by atoms with E-state index in [1.54, 1.807) is 0 Å². The Balaban J connectivity index is 1.99. The van der Waals surface area contributed by atoms with E-state index in [-0.39, 0.29) is 23.9 Å². The summed E-state index contributed by atoms with van der Waals surface area (Å²) in [6, 6.07) is 0. The minimum Gasteiger partial charge on any atom is -0.390 e. The molecule has 5 nitrogen and oxygen atoms in total. The largest absolute Gasteiger partial charge is 0.390 e. The van der Waals surface area contributed by atoms with Crippen LogP contribution in [0.4, 0.5) is 0 Å². The van der Waals surface area contributed by atoms with E-state index in [0.717, 1.165) is 6.42 Å². The van der Waals surface area contributed by atoms with Crippen LogP contribution in [0, 0.1) is 11.8 Å². The molecule has 1 heterocycles. The highest BCUT2D eigenvalue weighted by Gasteiger charge is 2.50. The van der Waals surface area contributed by atoms with E-state index in [2.05, 4.69) is 10.6 Å². The number of nitrogens with one attached hydrogen (secondary N) is 2. The zero-order valence-corrected chi connectivity index (χ0v) is 8.91. The minimum atomic E-state index is -0.936. The third kappa shape index (κ3) is 1.71. The molecule has 1 saturated carbocycles. The number of aliphatic hydroxyl groups is 1. The molecule has 1 saturated heterocycles. The van der Waals surface area contributed by atoms with Gasteiger partial charge in [-0.05, 0) is 19.3 Å². The van der Waals surface area contributed by atoms with Crippen molar-refractivity contribution in [2.45, 2.75) is 31.9 Å². The van der Waals surface area contributed by atoms with Crippen LogP contribution in [0.3, 0.4) is 0 Å². The summed E-state index contributed by atoms with van der Waals surface area (Å²) >= 11 is 0. The van der Waals surface area contributed by atoms with E-state index in [9.17, 15) is 14.7 Å². The van der Waals surface area contributed by atoms with Crippen LogP contribution in [0.15, 0.2) is 0 Å². The van der Waals surface area contributed by atoms with Crippen LogP contribution in [-0.4, -0.2) is 35.1 Å². The molecule has 2 fully saturated rings. The molecule has 2 aliphatic rings. The highest BCUT2D eigenvalue weighted by molar-refractivity contribution is 6.02. The topological polar surface area (TPSA) is 78.4 Å². The Morgan fingerprint density at radius 1 is 1.67 bits per heavy atom. The highest BCUT2D eigenvalue weighted by atomic mass is 16.3. The fourth-order valence-electron chi connectivity index (χ4n) is 2.01. The molecule has 5 heteroatoms. The Hall–Kier alpha value is -1.10. The quantitative estimate of drug-likeness (QED) is 0.514. The maximum absolute atomic E-state index is 11.7. The molecule has 15 heavy (non-hydrogen) atoms. The fraction of sp³-hybridized carbons (Fsp3) is 0.800. The summed E-state index contributed by atoms with van der Waals surface area (Å²) in [4.78, 5) is 23.0. The second-order valence-corrected chi connectivity index (χ2v) is 4.80. The molecule has 4 unspecified atom stereocenters. The Bertz CT molecular complexity index is 318. The lowest BCUT2D eigenvalue weighted by molar-refractivity contribution is -0.136. The molecule has 1 aliphatic carbocycles. The number of β-amino-alcohol motifs (C(OH)–C–C–N with tert-alkyl or cyclic N) is 1. The molecule has 2 rings (SSSR count). The molecular weight excluding hydrogens is 196 g/mol. The number of rotatable bonds is 2. The first-order chi connectivity index (χ1) is 6.94. The number of carbonyl (C=O) groups is 2. The van der Waals surface area contributed by atoms with Crippen molar-refractivity contribution in [2.75, 3.05) is 6.54 Å². The first kappa shape index (κ1) is 10.4. The zero-order chi connectivity index (χ0) is 11.2. The normalized spacial score (nSPS) is 43.7. The number of amides is 2. The van der Waals surface area contributed by atoms with Crippen molar-refractivity contribution >= 4 is 11.8 Å². The second kappa shape index (κ2) is 3.20. The average Bonchev–Trinajstić information content (AvgIpc) is 2.54. The number of carbonyl (C=O) groups excluding carboxylic acids is 2. The molecular formula is C10H16N2O3. The number of hydrogen-bond acceptors (Lipinski definition) is 3. The molecule has 2 amide bonds. The van der Waals surface area contributed by atoms with Gasteiger partial charge in [0.2, 0.25) is 11.8 Å². The lowest BCUT2D eigenvalue weighted by Gasteiger charge is -2.17. The van der Waals surface area contributed by atoms with Gasteiger partial charge in [0.25, 0.3) is 0 Å². The summed E-state index contributed by atoms with van der Waals surface area (Å²) in [7, 11) is 0. The molecule has 0 aromatic heterocycles. The molecule has 4 atom stereocenters. The van der Waals surface area contributed by atoms with Crippen molar-refractivity contribution in [3.05, 3.63) is 0 Å². The van der Waals surface area contributed by atoms with E-state index in [4.69, 9.17) is 0 Å². The van der Waals surface area contributed by atoms with Crippen LogP contribution >= 0.6 is 0 Å². The van der Waals surface area contributed by atoms with Crippen molar-refractivity contribution in [1.82, 2.24) is 10.6 Å². The summed E-state index contributed by atoms with van der Waals surface area (Å²) in [5, 5.41) is 14.8. The van der Waals surface area contributed by atoms with Crippen molar-refractivity contribution < 1.29 is 14.7 Å². The molecule has 84 valence electrons. The Kier molecular flexibility index (Phi) is 2.22. The van der Waals surface area contributed by atoms with Crippen molar-refractivity contribution in [3.63, 3.8) is 0 Å². The minimum absolute atomic E-state index is 0.170. The summed E-state index contributed by atoms with van der Waals surface area (Å²) < 4.78 is 0. The van der Waals surface area contributed by atoms with E-state index in [1.165, 1.54) is 0 Å². The monoisotopic (exact) mass is 212 g/mol. The van der Waals surface area contributed by atoms with E-state index < -0.39 is 12.0 Å². The summed E-state index contributed by atoms with van der Waals surface area (Å²) in [5.41, 5.74) is -0.181. The number of aliphatic hydroxyl groups excluding tert-OH is 1. The van der Waals surface area contributed by atoms with Gasteiger partial charge in [-0.1, -0.05) is 6.92 Å². The van der Waals surface area contributed by atoms with Crippen LogP contribution in [-0.2, 0) is 9.59 Å². The van der Waals surface area contributed by atoms with Crippen molar-refractivity contribution in [1.29, 1.82) is 0 Å². The van der Waals surface area contributed by atoms with Crippen LogP contribution in [0.1, 0.15) is 20.3 Å². The van der Waals surface area contributed by atoms with Crippen LogP contribution < -0.4 is 10.6 Å². The molecule has 0 radical (unpaired) electrons. The van der Waals surface area contributed by atoms with Gasteiger partial charge < -0.3 is 15.7 Å². The third-order valence-electron chi connectivity index (χ3n) is 3.50. The molecule has 0 bridgehead atoms. The van der Waals surface area contributed by atoms with Gasteiger partial charge in [-0.15, -0.1) is 0 Å². The fourth-order valence-corrected chi connectivity index (χ4v) is 2.01. The van der Waals surface area contributed by atoms with Gasteiger partial charge in [0.05, 0.1) is 6.10 Å². The summed E-state index contributed by atoms with van der Waals surface area (Å²) in [6.45, 7) is 4.17. The number of hydrogen-bond donors (Lipinski definition) is 3. The predicted octanol–water partition coefficient (Wildman–Crippen LogP) is -0.992. The predicted molar refractivity (Wildman–Crippen MR) is 52.8 cm³/mol. The first-order valence-corrected chi connectivity index (χ1v) is 5.22. The first-order valence-electron chi connectivity index (χ1n) is 5.22. The van der Waals surface area contributed by atoms with Gasteiger partial charge in [-0.2, -0.15) is 0 Å². The smallest absolute Gasteiger partial charge is 0.235 e. The maximum Gasteiger partial charge on any atom is 0.235 e. The molecule has 1 aliphatic heterocycles. The Morgan fingerprint density at radius 2 is 2.27 bits per heavy atom.